The van der Waals surface area contributed by atoms with E-state index in [0.29, 0.717) is 13.0 Å². The quantitative estimate of drug-likeness (QED) is 0.680. The minimum atomic E-state index is -0.693. The molecular formula is C15H22O3. The van der Waals surface area contributed by atoms with Gasteiger partial charge in [0.05, 0.1) is 6.61 Å². The first kappa shape index (κ1) is 14.6. The van der Waals surface area contributed by atoms with Gasteiger partial charge in [0.15, 0.2) is 0 Å². The molecule has 0 amide bonds. The van der Waals surface area contributed by atoms with Crippen molar-refractivity contribution in [1.29, 1.82) is 0 Å². The van der Waals surface area contributed by atoms with Crippen LogP contribution >= 0.6 is 0 Å². The fourth-order valence-electron chi connectivity index (χ4n) is 1.88. The molecule has 0 heterocycles. The van der Waals surface area contributed by atoms with E-state index >= 15 is 0 Å². The van der Waals surface area contributed by atoms with Gasteiger partial charge in [-0.1, -0.05) is 25.0 Å². The summed E-state index contributed by atoms with van der Waals surface area (Å²) in [6.07, 6.45) is 5.36. The predicted octanol–water partition coefficient (Wildman–Crippen LogP) is 3.66. The number of hydrogen-bond acceptors (Lipinski definition) is 2. The summed E-state index contributed by atoms with van der Waals surface area (Å²) in [5, 5.41) is 8.51. The predicted molar refractivity (Wildman–Crippen MR) is 72.0 cm³/mol. The smallest absolute Gasteiger partial charge is 0.303 e. The van der Waals surface area contributed by atoms with Crippen LogP contribution in [-0.2, 0) is 11.2 Å². The van der Waals surface area contributed by atoms with Gasteiger partial charge >= 0.3 is 5.97 Å². The van der Waals surface area contributed by atoms with Crippen LogP contribution in [0.2, 0.25) is 0 Å². The number of rotatable bonds is 9. The van der Waals surface area contributed by atoms with Crippen LogP contribution in [-0.4, -0.2) is 17.7 Å². The third-order valence-corrected chi connectivity index (χ3v) is 2.84. The fourth-order valence-corrected chi connectivity index (χ4v) is 1.88. The summed E-state index contributed by atoms with van der Waals surface area (Å²) in [6, 6.07) is 8.21. The van der Waals surface area contributed by atoms with E-state index in [9.17, 15) is 4.79 Å². The molecule has 0 aliphatic heterocycles. The average molecular weight is 250 g/mol. The summed E-state index contributed by atoms with van der Waals surface area (Å²) in [7, 11) is 0. The van der Waals surface area contributed by atoms with Gasteiger partial charge in [0.1, 0.15) is 5.75 Å². The lowest BCUT2D eigenvalue weighted by Gasteiger charge is -2.05. The standard InChI is InChI=1S/C15H22O3/c1-2-18-14-11-9-13(10-12-14)7-5-3-4-6-8-15(16)17/h9-12H,2-8H2,1H3,(H,16,17). The monoisotopic (exact) mass is 250 g/mol. The average Bonchev–Trinajstić information content (AvgIpc) is 2.35. The van der Waals surface area contributed by atoms with Gasteiger partial charge < -0.3 is 9.84 Å². The van der Waals surface area contributed by atoms with E-state index in [2.05, 4.69) is 12.1 Å². The number of carboxylic acids is 1. The van der Waals surface area contributed by atoms with Crippen molar-refractivity contribution in [3.63, 3.8) is 0 Å². The molecule has 0 saturated heterocycles. The third-order valence-electron chi connectivity index (χ3n) is 2.84. The number of aryl methyl sites for hydroxylation is 1. The Morgan fingerprint density at radius 3 is 2.39 bits per heavy atom. The van der Waals surface area contributed by atoms with Gasteiger partial charge in [-0.25, -0.2) is 0 Å². The molecule has 0 aromatic heterocycles. The zero-order chi connectivity index (χ0) is 13.2. The van der Waals surface area contributed by atoms with E-state index < -0.39 is 5.97 Å². The van der Waals surface area contributed by atoms with Crippen molar-refractivity contribution in [2.75, 3.05) is 6.61 Å². The van der Waals surface area contributed by atoms with Crippen LogP contribution in [0.1, 0.15) is 44.6 Å². The molecule has 0 aliphatic rings. The first-order valence-corrected chi connectivity index (χ1v) is 6.66. The number of carboxylic acid groups (broad SMARTS) is 1. The highest BCUT2D eigenvalue weighted by atomic mass is 16.5. The summed E-state index contributed by atoms with van der Waals surface area (Å²) >= 11 is 0. The van der Waals surface area contributed by atoms with Gasteiger partial charge in [0.25, 0.3) is 0 Å². The highest BCUT2D eigenvalue weighted by molar-refractivity contribution is 5.66. The summed E-state index contributed by atoms with van der Waals surface area (Å²) in [5.41, 5.74) is 1.32. The Labute approximate surface area is 109 Å². The number of benzene rings is 1. The lowest BCUT2D eigenvalue weighted by atomic mass is 10.1. The zero-order valence-corrected chi connectivity index (χ0v) is 11.0. The highest BCUT2D eigenvalue weighted by Crippen LogP contribution is 2.14. The lowest BCUT2D eigenvalue weighted by Crippen LogP contribution is -1.94. The van der Waals surface area contributed by atoms with Crippen molar-refractivity contribution < 1.29 is 14.6 Å². The van der Waals surface area contributed by atoms with E-state index in [1.807, 2.05) is 19.1 Å². The van der Waals surface area contributed by atoms with Crippen molar-refractivity contribution in [1.82, 2.24) is 0 Å². The molecule has 1 rings (SSSR count). The number of ether oxygens (including phenoxy) is 1. The Kier molecular flexibility index (Phi) is 6.92. The molecule has 0 radical (unpaired) electrons. The first-order valence-electron chi connectivity index (χ1n) is 6.66. The highest BCUT2D eigenvalue weighted by Gasteiger charge is 1.98. The maximum absolute atomic E-state index is 10.3. The third kappa shape index (κ3) is 6.28. The van der Waals surface area contributed by atoms with E-state index in [1.54, 1.807) is 0 Å². The maximum Gasteiger partial charge on any atom is 0.303 e. The molecule has 1 aromatic rings. The Balaban J connectivity index is 2.13. The molecular weight excluding hydrogens is 228 g/mol. The van der Waals surface area contributed by atoms with E-state index in [0.717, 1.165) is 37.9 Å². The van der Waals surface area contributed by atoms with E-state index in [4.69, 9.17) is 9.84 Å². The molecule has 0 unspecified atom stereocenters. The van der Waals surface area contributed by atoms with Gasteiger partial charge in [0, 0.05) is 6.42 Å². The Morgan fingerprint density at radius 1 is 1.11 bits per heavy atom. The summed E-state index contributed by atoms with van der Waals surface area (Å²) in [6.45, 7) is 2.67. The van der Waals surface area contributed by atoms with Crippen molar-refractivity contribution in [2.24, 2.45) is 0 Å². The molecule has 0 saturated carbocycles. The van der Waals surface area contributed by atoms with E-state index in [-0.39, 0.29) is 0 Å². The lowest BCUT2D eigenvalue weighted by molar-refractivity contribution is -0.137. The number of carbonyl (C=O) groups is 1. The molecule has 100 valence electrons. The first-order chi connectivity index (χ1) is 8.72. The number of unbranched alkanes of at least 4 members (excludes halogenated alkanes) is 3. The van der Waals surface area contributed by atoms with Gasteiger partial charge in [-0.15, -0.1) is 0 Å². The Hall–Kier alpha value is -1.51. The second kappa shape index (κ2) is 8.56. The summed E-state index contributed by atoms with van der Waals surface area (Å²) in [4.78, 5) is 10.3. The molecule has 0 atom stereocenters. The molecule has 0 bridgehead atoms. The largest absolute Gasteiger partial charge is 0.494 e. The van der Waals surface area contributed by atoms with Gasteiger partial charge in [-0.05, 0) is 43.9 Å². The van der Waals surface area contributed by atoms with Crippen LogP contribution in [0.25, 0.3) is 0 Å². The maximum atomic E-state index is 10.3. The van der Waals surface area contributed by atoms with Gasteiger partial charge in [-0.2, -0.15) is 0 Å². The zero-order valence-electron chi connectivity index (χ0n) is 11.0. The van der Waals surface area contributed by atoms with Crippen LogP contribution in [0.4, 0.5) is 0 Å². The molecule has 3 heteroatoms. The molecule has 0 spiro atoms. The number of aliphatic carboxylic acids is 1. The van der Waals surface area contributed by atoms with Crippen LogP contribution < -0.4 is 4.74 Å². The van der Waals surface area contributed by atoms with Crippen molar-refractivity contribution in [3.8, 4) is 5.75 Å². The summed E-state index contributed by atoms with van der Waals surface area (Å²) < 4.78 is 5.39. The Morgan fingerprint density at radius 2 is 1.78 bits per heavy atom. The molecule has 0 fully saturated rings. The minimum absolute atomic E-state index is 0.295. The minimum Gasteiger partial charge on any atom is -0.494 e. The molecule has 1 aromatic carbocycles. The van der Waals surface area contributed by atoms with Crippen LogP contribution in [0.3, 0.4) is 0 Å². The van der Waals surface area contributed by atoms with Gasteiger partial charge in [0.2, 0.25) is 0 Å². The summed E-state index contributed by atoms with van der Waals surface area (Å²) in [5.74, 6) is 0.226. The molecule has 3 nitrogen and oxygen atoms in total. The second-order valence-corrected chi connectivity index (χ2v) is 4.38. The SMILES string of the molecule is CCOc1ccc(CCCCCCC(=O)O)cc1. The van der Waals surface area contributed by atoms with Crippen LogP contribution in [0.5, 0.6) is 5.75 Å². The second-order valence-electron chi connectivity index (χ2n) is 4.38. The molecule has 1 N–H and O–H groups in total. The Bertz CT molecular complexity index is 343. The van der Waals surface area contributed by atoms with Gasteiger partial charge in [-0.3, -0.25) is 4.79 Å². The molecule has 18 heavy (non-hydrogen) atoms. The van der Waals surface area contributed by atoms with Crippen LogP contribution in [0, 0.1) is 0 Å². The normalized spacial score (nSPS) is 10.3. The fraction of sp³-hybridized carbons (Fsp3) is 0.533. The van der Waals surface area contributed by atoms with Crippen LogP contribution in [0.15, 0.2) is 24.3 Å². The van der Waals surface area contributed by atoms with Crippen molar-refractivity contribution >= 4 is 5.97 Å². The van der Waals surface area contributed by atoms with Crippen molar-refractivity contribution in [3.05, 3.63) is 29.8 Å². The van der Waals surface area contributed by atoms with Crippen molar-refractivity contribution in [2.45, 2.75) is 45.4 Å². The van der Waals surface area contributed by atoms with E-state index in [1.165, 1.54) is 5.56 Å². The topological polar surface area (TPSA) is 46.5 Å². The molecule has 0 aliphatic carbocycles. The number of hydrogen-bond donors (Lipinski definition) is 1.